The number of halogens is 1. The summed E-state index contributed by atoms with van der Waals surface area (Å²) in [6.07, 6.45) is 3.01. The van der Waals surface area contributed by atoms with Crippen molar-refractivity contribution in [2.45, 2.75) is 25.8 Å². The Morgan fingerprint density at radius 1 is 1.33 bits per heavy atom. The normalized spacial score (nSPS) is 17.3. The maximum Gasteiger partial charge on any atom is 0.186 e. The standard InChI is InChI=1S/C16H19FN4/c1-2-13-15(17)16(21-10-20-13)19-9-14-12-6-4-3-5-11(12)7-8-18-14/h3-6,10,14,18H,2,7-9H2,1H3,(H,19,20,21). The number of aryl methyl sites for hydroxylation is 1. The molecule has 0 spiro atoms. The molecule has 4 nitrogen and oxygen atoms in total. The molecule has 0 saturated carbocycles. The van der Waals surface area contributed by atoms with E-state index in [1.165, 1.54) is 17.5 Å². The molecule has 1 aromatic heterocycles. The van der Waals surface area contributed by atoms with Crippen LogP contribution in [0, 0.1) is 5.82 Å². The van der Waals surface area contributed by atoms with Crippen molar-refractivity contribution in [2.24, 2.45) is 0 Å². The molecule has 2 N–H and O–H groups in total. The van der Waals surface area contributed by atoms with Gasteiger partial charge in [0.05, 0.1) is 5.69 Å². The van der Waals surface area contributed by atoms with Gasteiger partial charge < -0.3 is 10.6 Å². The van der Waals surface area contributed by atoms with E-state index in [1.807, 2.05) is 13.0 Å². The molecule has 5 heteroatoms. The van der Waals surface area contributed by atoms with E-state index >= 15 is 0 Å². The average molecular weight is 286 g/mol. The molecule has 1 aliphatic rings. The quantitative estimate of drug-likeness (QED) is 0.906. The van der Waals surface area contributed by atoms with Gasteiger partial charge in [-0.25, -0.2) is 14.4 Å². The number of rotatable bonds is 4. The average Bonchev–Trinajstić information content (AvgIpc) is 2.54. The highest BCUT2D eigenvalue weighted by atomic mass is 19.1. The number of benzene rings is 1. The van der Waals surface area contributed by atoms with Crippen molar-refractivity contribution in [3.63, 3.8) is 0 Å². The summed E-state index contributed by atoms with van der Waals surface area (Å²) in [5.74, 6) is -0.0594. The molecular formula is C16H19FN4. The van der Waals surface area contributed by atoms with Gasteiger partial charge in [-0.1, -0.05) is 31.2 Å². The summed E-state index contributed by atoms with van der Waals surface area (Å²) in [7, 11) is 0. The number of nitrogens with one attached hydrogen (secondary N) is 2. The molecule has 0 saturated heterocycles. The molecule has 110 valence electrons. The molecule has 1 aliphatic heterocycles. The molecule has 2 aromatic rings. The monoisotopic (exact) mass is 286 g/mol. The second-order valence-corrected chi connectivity index (χ2v) is 5.17. The molecule has 21 heavy (non-hydrogen) atoms. The van der Waals surface area contributed by atoms with Crippen molar-refractivity contribution in [1.82, 2.24) is 15.3 Å². The third kappa shape index (κ3) is 2.88. The highest BCUT2D eigenvalue weighted by Gasteiger charge is 2.19. The summed E-state index contributed by atoms with van der Waals surface area (Å²) in [6, 6.07) is 8.56. The number of nitrogens with zero attached hydrogens (tertiary/aromatic N) is 2. The Bertz CT molecular complexity index is 629. The number of hydrogen-bond acceptors (Lipinski definition) is 4. The molecule has 3 rings (SSSR count). The lowest BCUT2D eigenvalue weighted by Gasteiger charge is -2.27. The largest absolute Gasteiger partial charge is 0.366 e. The van der Waals surface area contributed by atoms with E-state index in [0.717, 1.165) is 13.0 Å². The van der Waals surface area contributed by atoms with E-state index in [0.29, 0.717) is 18.7 Å². The van der Waals surface area contributed by atoms with Gasteiger partial charge >= 0.3 is 0 Å². The third-order valence-corrected chi connectivity index (χ3v) is 3.89. The van der Waals surface area contributed by atoms with Gasteiger partial charge in [0.15, 0.2) is 11.6 Å². The minimum Gasteiger partial charge on any atom is -0.366 e. The molecule has 2 heterocycles. The van der Waals surface area contributed by atoms with Crippen molar-refractivity contribution >= 4 is 5.82 Å². The lowest BCUT2D eigenvalue weighted by molar-refractivity contribution is 0.520. The molecule has 0 amide bonds. The predicted molar refractivity (Wildman–Crippen MR) is 80.7 cm³/mol. The summed E-state index contributed by atoms with van der Waals surface area (Å²) in [5, 5.41) is 6.57. The van der Waals surface area contributed by atoms with Gasteiger partial charge in [0.1, 0.15) is 6.33 Å². The Balaban J connectivity index is 1.75. The van der Waals surface area contributed by atoms with Crippen LogP contribution in [0.1, 0.15) is 29.8 Å². The van der Waals surface area contributed by atoms with Crippen LogP contribution in [0.5, 0.6) is 0 Å². The van der Waals surface area contributed by atoms with E-state index in [2.05, 4.69) is 38.8 Å². The third-order valence-electron chi connectivity index (χ3n) is 3.89. The molecule has 1 atom stereocenters. The molecule has 0 fully saturated rings. The lowest BCUT2D eigenvalue weighted by atomic mass is 9.94. The maximum atomic E-state index is 14.1. The maximum absolute atomic E-state index is 14.1. The summed E-state index contributed by atoms with van der Waals surface area (Å²) >= 11 is 0. The Morgan fingerprint density at radius 2 is 2.19 bits per heavy atom. The zero-order valence-electron chi connectivity index (χ0n) is 12.1. The van der Waals surface area contributed by atoms with Gasteiger partial charge in [-0.3, -0.25) is 0 Å². The first-order valence-corrected chi connectivity index (χ1v) is 7.34. The van der Waals surface area contributed by atoms with Crippen LogP contribution in [0.3, 0.4) is 0 Å². The summed E-state index contributed by atoms with van der Waals surface area (Å²) < 4.78 is 14.1. The van der Waals surface area contributed by atoms with E-state index in [1.54, 1.807) is 0 Å². The van der Waals surface area contributed by atoms with E-state index in [4.69, 9.17) is 0 Å². The van der Waals surface area contributed by atoms with Crippen LogP contribution < -0.4 is 10.6 Å². The first-order chi connectivity index (χ1) is 10.3. The van der Waals surface area contributed by atoms with Gasteiger partial charge in [-0.15, -0.1) is 0 Å². The van der Waals surface area contributed by atoms with Crippen molar-refractivity contribution in [3.8, 4) is 0 Å². The van der Waals surface area contributed by atoms with E-state index in [-0.39, 0.29) is 17.7 Å². The second-order valence-electron chi connectivity index (χ2n) is 5.17. The van der Waals surface area contributed by atoms with E-state index < -0.39 is 0 Å². The molecule has 0 radical (unpaired) electrons. The van der Waals surface area contributed by atoms with Gasteiger partial charge in [-0.05, 0) is 30.5 Å². The number of fused-ring (bicyclic) bond motifs is 1. The molecule has 1 unspecified atom stereocenters. The van der Waals surface area contributed by atoms with Crippen molar-refractivity contribution in [2.75, 3.05) is 18.4 Å². The fourth-order valence-corrected chi connectivity index (χ4v) is 2.75. The zero-order valence-corrected chi connectivity index (χ0v) is 12.1. The zero-order chi connectivity index (χ0) is 14.7. The smallest absolute Gasteiger partial charge is 0.186 e. The number of anilines is 1. The van der Waals surface area contributed by atoms with Crippen LogP contribution in [0.2, 0.25) is 0 Å². The van der Waals surface area contributed by atoms with Gasteiger partial charge in [0.2, 0.25) is 0 Å². The Kier molecular flexibility index (Phi) is 4.10. The molecule has 0 bridgehead atoms. The molecule has 0 aliphatic carbocycles. The lowest BCUT2D eigenvalue weighted by Crippen LogP contribution is -2.34. The minimum atomic E-state index is -0.343. The van der Waals surface area contributed by atoms with Crippen LogP contribution in [0.25, 0.3) is 0 Å². The van der Waals surface area contributed by atoms with Crippen LogP contribution in [0.15, 0.2) is 30.6 Å². The van der Waals surface area contributed by atoms with Crippen molar-refractivity contribution < 1.29 is 4.39 Å². The fraction of sp³-hybridized carbons (Fsp3) is 0.375. The molecular weight excluding hydrogens is 267 g/mol. The number of aromatic nitrogens is 2. The topological polar surface area (TPSA) is 49.8 Å². The minimum absolute atomic E-state index is 0.175. The first kappa shape index (κ1) is 13.9. The van der Waals surface area contributed by atoms with E-state index in [9.17, 15) is 4.39 Å². The SMILES string of the molecule is CCc1ncnc(NCC2NCCc3ccccc32)c1F. The van der Waals surface area contributed by atoms with Gasteiger partial charge in [0, 0.05) is 12.6 Å². The summed E-state index contributed by atoms with van der Waals surface area (Å²) in [6.45, 7) is 3.43. The Hall–Kier alpha value is -2.01. The molecule has 1 aromatic carbocycles. The second kappa shape index (κ2) is 6.18. The Labute approximate surface area is 123 Å². The van der Waals surface area contributed by atoms with Crippen molar-refractivity contribution in [3.05, 3.63) is 53.2 Å². The number of hydrogen-bond donors (Lipinski definition) is 2. The van der Waals surface area contributed by atoms with Crippen LogP contribution in [-0.2, 0) is 12.8 Å². The highest BCUT2D eigenvalue weighted by Crippen LogP contribution is 2.23. The van der Waals surface area contributed by atoms with Crippen molar-refractivity contribution in [1.29, 1.82) is 0 Å². The van der Waals surface area contributed by atoms with Crippen LogP contribution in [-0.4, -0.2) is 23.1 Å². The highest BCUT2D eigenvalue weighted by molar-refractivity contribution is 5.39. The van der Waals surface area contributed by atoms with Crippen LogP contribution >= 0.6 is 0 Å². The summed E-state index contributed by atoms with van der Waals surface area (Å²) in [4.78, 5) is 7.95. The summed E-state index contributed by atoms with van der Waals surface area (Å²) in [5.41, 5.74) is 3.09. The predicted octanol–water partition coefficient (Wildman–Crippen LogP) is 2.48. The van der Waals surface area contributed by atoms with Gasteiger partial charge in [0.25, 0.3) is 0 Å². The first-order valence-electron chi connectivity index (χ1n) is 7.34. The van der Waals surface area contributed by atoms with Gasteiger partial charge in [-0.2, -0.15) is 0 Å². The fourth-order valence-electron chi connectivity index (χ4n) is 2.75. The van der Waals surface area contributed by atoms with Crippen LogP contribution in [0.4, 0.5) is 10.2 Å². The Morgan fingerprint density at radius 3 is 3.05 bits per heavy atom.